The van der Waals surface area contributed by atoms with Crippen molar-refractivity contribution in [3.63, 3.8) is 0 Å². The fourth-order valence-electron chi connectivity index (χ4n) is 2.84. The van der Waals surface area contributed by atoms with Crippen molar-refractivity contribution in [1.82, 2.24) is 0 Å². The predicted molar refractivity (Wildman–Crippen MR) is 90.7 cm³/mol. The fraction of sp³-hybridized carbons (Fsp3) is 0.294. The predicted octanol–water partition coefficient (Wildman–Crippen LogP) is 3.27. The Labute approximate surface area is 143 Å². The zero-order valence-electron chi connectivity index (χ0n) is 13.7. The van der Waals surface area contributed by atoms with E-state index in [4.69, 9.17) is 4.42 Å². The van der Waals surface area contributed by atoms with Gasteiger partial charge in [0.1, 0.15) is 4.92 Å². The summed E-state index contributed by atoms with van der Waals surface area (Å²) in [6, 6.07) is 7.62. The van der Waals surface area contributed by atoms with Gasteiger partial charge in [-0.05, 0) is 49.6 Å². The third-order valence-electron chi connectivity index (χ3n) is 4.06. The summed E-state index contributed by atoms with van der Waals surface area (Å²) < 4.78 is 4.88. The maximum atomic E-state index is 12.1. The first-order valence-electron chi connectivity index (χ1n) is 7.92. The minimum atomic E-state index is -0.703. The zero-order valence-corrected chi connectivity index (χ0v) is 13.7. The highest BCUT2D eigenvalue weighted by atomic mass is 16.6. The van der Waals surface area contributed by atoms with Crippen LogP contribution in [0, 0.1) is 17.0 Å². The van der Waals surface area contributed by atoms with Gasteiger partial charge in [0, 0.05) is 24.3 Å². The third kappa shape index (κ3) is 3.52. The molecule has 25 heavy (non-hydrogen) atoms. The molecule has 0 saturated carbocycles. The molecule has 1 N–H and O–H groups in total. The van der Waals surface area contributed by atoms with E-state index in [0.29, 0.717) is 18.7 Å². The van der Waals surface area contributed by atoms with Gasteiger partial charge in [0.25, 0.3) is 5.91 Å². The SMILES string of the molecule is Cc1cc(NC(=O)c2ccc([N+](=O)[O-])o2)ccc1N1CCCCC1=O. The molecule has 1 aromatic carbocycles. The summed E-state index contributed by atoms with van der Waals surface area (Å²) in [5.41, 5.74) is 2.21. The van der Waals surface area contributed by atoms with Crippen LogP contribution < -0.4 is 10.2 Å². The molecule has 2 amide bonds. The molecule has 130 valence electrons. The van der Waals surface area contributed by atoms with E-state index >= 15 is 0 Å². The topological polar surface area (TPSA) is 106 Å². The minimum absolute atomic E-state index is 0.106. The molecule has 0 unspecified atom stereocenters. The first-order valence-corrected chi connectivity index (χ1v) is 7.92. The summed E-state index contributed by atoms with van der Waals surface area (Å²) in [5.74, 6) is -1.09. The van der Waals surface area contributed by atoms with E-state index in [1.165, 1.54) is 6.07 Å². The number of hydrogen-bond donors (Lipinski definition) is 1. The van der Waals surface area contributed by atoms with E-state index in [2.05, 4.69) is 5.32 Å². The van der Waals surface area contributed by atoms with Crippen LogP contribution in [-0.2, 0) is 4.79 Å². The summed E-state index contributed by atoms with van der Waals surface area (Å²) in [7, 11) is 0. The largest absolute Gasteiger partial charge is 0.433 e. The van der Waals surface area contributed by atoms with Crippen LogP contribution in [0.1, 0.15) is 35.4 Å². The van der Waals surface area contributed by atoms with Crippen molar-refractivity contribution in [2.24, 2.45) is 0 Å². The van der Waals surface area contributed by atoms with Crippen molar-refractivity contribution < 1.29 is 18.9 Å². The number of nitrogens with one attached hydrogen (secondary N) is 1. The zero-order chi connectivity index (χ0) is 18.0. The molecule has 8 nitrogen and oxygen atoms in total. The molecule has 8 heteroatoms. The Kier molecular flexibility index (Phi) is 4.51. The Morgan fingerprint density at radius 1 is 1.28 bits per heavy atom. The van der Waals surface area contributed by atoms with E-state index in [0.717, 1.165) is 30.2 Å². The van der Waals surface area contributed by atoms with Crippen molar-refractivity contribution in [2.75, 3.05) is 16.8 Å². The summed E-state index contributed by atoms with van der Waals surface area (Å²) in [5, 5.41) is 13.2. The summed E-state index contributed by atoms with van der Waals surface area (Å²) in [4.78, 5) is 35.8. The molecule has 1 fully saturated rings. The average Bonchev–Trinajstić information content (AvgIpc) is 3.06. The van der Waals surface area contributed by atoms with Gasteiger partial charge in [0.05, 0.1) is 6.07 Å². The summed E-state index contributed by atoms with van der Waals surface area (Å²) >= 11 is 0. The molecule has 1 aliphatic rings. The van der Waals surface area contributed by atoms with Crippen molar-refractivity contribution >= 4 is 29.1 Å². The van der Waals surface area contributed by atoms with Gasteiger partial charge in [-0.15, -0.1) is 0 Å². The van der Waals surface area contributed by atoms with Gasteiger partial charge >= 0.3 is 5.88 Å². The molecule has 0 aliphatic carbocycles. The number of rotatable bonds is 4. The lowest BCUT2D eigenvalue weighted by molar-refractivity contribution is -0.402. The molecule has 0 atom stereocenters. The smallest absolute Gasteiger partial charge is 0.395 e. The molecule has 0 spiro atoms. The Bertz CT molecular complexity index is 843. The molecule has 0 bridgehead atoms. The number of aryl methyl sites for hydroxylation is 1. The summed E-state index contributed by atoms with van der Waals surface area (Å²) in [6.45, 7) is 2.56. The van der Waals surface area contributed by atoms with Gasteiger partial charge in [0.15, 0.2) is 5.76 Å². The lowest BCUT2D eigenvalue weighted by atomic mass is 10.1. The number of nitro groups is 1. The maximum Gasteiger partial charge on any atom is 0.433 e. The monoisotopic (exact) mass is 343 g/mol. The fourth-order valence-corrected chi connectivity index (χ4v) is 2.84. The van der Waals surface area contributed by atoms with Crippen LogP contribution in [0.15, 0.2) is 34.7 Å². The molecule has 1 aromatic heterocycles. The third-order valence-corrected chi connectivity index (χ3v) is 4.06. The van der Waals surface area contributed by atoms with Crippen molar-refractivity contribution in [1.29, 1.82) is 0 Å². The Hall–Kier alpha value is -3.16. The number of hydrogen-bond acceptors (Lipinski definition) is 5. The van der Waals surface area contributed by atoms with Crippen molar-refractivity contribution in [3.05, 3.63) is 51.8 Å². The van der Waals surface area contributed by atoms with Crippen LogP contribution in [0.25, 0.3) is 0 Å². The lowest BCUT2D eigenvalue weighted by Gasteiger charge is -2.28. The number of carbonyl (C=O) groups is 2. The first-order chi connectivity index (χ1) is 12.0. The maximum absolute atomic E-state index is 12.1. The first kappa shape index (κ1) is 16.7. The molecule has 3 rings (SSSR count). The molecule has 1 saturated heterocycles. The van der Waals surface area contributed by atoms with Gasteiger partial charge in [0.2, 0.25) is 5.91 Å². The number of nitrogens with zero attached hydrogens (tertiary/aromatic N) is 2. The molecule has 2 heterocycles. The standard InChI is InChI=1S/C17H17N3O5/c1-11-10-12(5-6-13(11)19-9-3-2-4-15(19)21)18-17(22)14-7-8-16(25-14)20(23)24/h5-8,10H,2-4,9H2,1H3,(H,18,22). The van der Waals surface area contributed by atoms with E-state index in [9.17, 15) is 19.7 Å². The van der Waals surface area contributed by atoms with Crippen LogP contribution in [0.4, 0.5) is 17.3 Å². The van der Waals surface area contributed by atoms with Crippen LogP contribution >= 0.6 is 0 Å². The molecule has 2 aromatic rings. The second-order valence-corrected chi connectivity index (χ2v) is 5.85. The Morgan fingerprint density at radius 3 is 2.72 bits per heavy atom. The quantitative estimate of drug-likeness (QED) is 0.677. The molecular weight excluding hydrogens is 326 g/mol. The average molecular weight is 343 g/mol. The van der Waals surface area contributed by atoms with Gasteiger partial charge in [-0.25, -0.2) is 0 Å². The number of furan rings is 1. The van der Waals surface area contributed by atoms with Gasteiger partial charge in [-0.1, -0.05) is 0 Å². The number of carbonyl (C=O) groups excluding carboxylic acids is 2. The lowest BCUT2D eigenvalue weighted by Crippen LogP contribution is -2.35. The van der Waals surface area contributed by atoms with E-state index < -0.39 is 16.7 Å². The minimum Gasteiger partial charge on any atom is -0.395 e. The van der Waals surface area contributed by atoms with Gasteiger partial charge in [-0.2, -0.15) is 0 Å². The summed E-state index contributed by atoms with van der Waals surface area (Å²) in [6.07, 6.45) is 2.44. The van der Waals surface area contributed by atoms with Gasteiger partial charge < -0.3 is 14.6 Å². The van der Waals surface area contributed by atoms with Crippen molar-refractivity contribution in [2.45, 2.75) is 26.2 Å². The van der Waals surface area contributed by atoms with Crippen LogP contribution in [0.3, 0.4) is 0 Å². The van der Waals surface area contributed by atoms with Crippen LogP contribution in [0.5, 0.6) is 0 Å². The second kappa shape index (κ2) is 6.76. The van der Waals surface area contributed by atoms with Crippen LogP contribution in [-0.4, -0.2) is 23.3 Å². The van der Waals surface area contributed by atoms with E-state index in [1.54, 1.807) is 23.1 Å². The number of anilines is 2. The van der Waals surface area contributed by atoms with E-state index in [1.807, 2.05) is 6.92 Å². The van der Waals surface area contributed by atoms with E-state index in [-0.39, 0.29) is 11.7 Å². The molecular formula is C17H17N3O5. The molecule has 1 aliphatic heterocycles. The van der Waals surface area contributed by atoms with Crippen molar-refractivity contribution in [3.8, 4) is 0 Å². The van der Waals surface area contributed by atoms with Gasteiger partial charge in [-0.3, -0.25) is 19.7 Å². The molecule has 0 radical (unpaired) electrons. The normalized spacial score (nSPS) is 14.4. The highest BCUT2D eigenvalue weighted by molar-refractivity contribution is 6.03. The number of piperidine rings is 1. The highest BCUT2D eigenvalue weighted by Crippen LogP contribution is 2.27. The van der Waals surface area contributed by atoms with Crippen LogP contribution in [0.2, 0.25) is 0 Å². The Balaban J connectivity index is 1.75. The Morgan fingerprint density at radius 2 is 2.08 bits per heavy atom. The highest BCUT2D eigenvalue weighted by Gasteiger charge is 2.22. The second-order valence-electron chi connectivity index (χ2n) is 5.85. The number of amides is 2. The number of benzene rings is 1.